The number of aromatic nitrogens is 3. The number of nitrogens with one attached hydrogen (secondary N) is 1. The van der Waals surface area contributed by atoms with Gasteiger partial charge >= 0.3 is 0 Å². The Balaban J connectivity index is 1.55. The van der Waals surface area contributed by atoms with E-state index in [0.717, 1.165) is 16.8 Å². The number of carbonyl (C=O) groups excluding carboxylic acids is 1. The van der Waals surface area contributed by atoms with Crippen LogP contribution in [0.15, 0.2) is 97.3 Å². The number of carbonyl (C=O) groups is 1. The number of nitrogens with zero attached hydrogens (tertiary/aromatic N) is 3. The van der Waals surface area contributed by atoms with E-state index in [2.05, 4.69) is 27.5 Å². The second-order valence-corrected chi connectivity index (χ2v) is 6.47. The molecule has 0 radical (unpaired) electrons. The molecule has 0 bridgehead atoms. The van der Waals surface area contributed by atoms with Crippen LogP contribution in [0.4, 0.5) is 0 Å². The molecule has 4 rings (SSSR count). The summed E-state index contributed by atoms with van der Waals surface area (Å²) in [5.41, 5.74) is 3.06. The van der Waals surface area contributed by atoms with Crippen molar-refractivity contribution in [2.24, 2.45) is 0 Å². The first kappa shape index (κ1) is 17.7. The molecule has 138 valence electrons. The molecule has 0 spiro atoms. The quantitative estimate of drug-likeness (QED) is 0.560. The Labute approximate surface area is 163 Å². The molecular weight excluding hydrogens is 348 g/mol. The lowest BCUT2D eigenvalue weighted by atomic mass is 9.99. The first-order chi connectivity index (χ1) is 13.8. The predicted molar refractivity (Wildman–Crippen MR) is 108 cm³/mol. The summed E-state index contributed by atoms with van der Waals surface area (Å²) in [6, 6.07) is 29.5. The van der Waals surface area contributed by atoms with Crippen LogP contribution in [0.5, 0.6) is 0 Å². The van der Waals surface area contributed by atoms with Crippen LogP contribution in [-0.4, -0.2) is 20.7 Å². The molecule has 5 heteroatoms. The fourth-order valence-corrected chi connectivity index (χ4v) is 3.08. The van der Waals surface area contributed by atoms with Gasteiger partial charge in [0.2, 0.25) is 5.82 Å². The minimum absolute atomic E-state index is 0.151. The average molecular weight is 368 g/mol. The molecule has 1 N–H and O–H groups in total. The van der Waals surface area contributed by atoms with Crippen molar-refractivity contribution in [1.82, 2.24) is 20.1 Å². The Morgan fingerprint density at radius 1 is 0.857 bits per heavy atom. The first-order valence-corrected chi connectivity index (χ1v) is 9.16. The van der Waals surface area contributed by atoms with Gasteiger partial charge in [0.05, 0.1) is 11.7 Å². The van der Waals surface area contributed by atoms with E-state index in [1.54, 1.807) is 11.0 Å². The van der Waals surface area contributed by atoms with E-state index in [-0.39, 0.29) is 17.8 Å². The molecule has 4 aromatic rings. The number of para-hydroxylation sites is 1. The lowest BCUT2D eigenvalue weighted by molar-refractivity contribution is 0.0926. The number of rotatable bonds is 6. The number of benzene rings is 3. The molecule has 0 saturated carbocycles. The maximum absolute atomic E-state index is 12.8. The van der Waals surface area contributed by atoms with Crippen molar-refractivity contribution < 1.29 is 4.79 Å². The predicted octanol–water partition coefficient (Wildman–Crippen LogP) is 3.98. The standard InChI is InChI=1S/C23H20N4O/c28-23(22-24-17-27(26-22)20-14-8-3-9-15-20)25-21(19-12-6-2-7-13-19)16-18-10-4-1-5-11-18/h1-15,17,21H,16H2,(H,25,28). The highest BCUT2D eigenvalue weighted by Gasteiger charge is 2.19. The van der Waals surface area contributed by atoms with Crippen molar-refractivity contribution in [3.05, 3.63) is 114 Å². The molecule has 0 aliphatic carbocycles. The normalized spacial score (nSPS) is 11.7. The molecule has 0 fully saturated rings. The van der Waals surface area contributed by atoms with Crippen molar-refractivity contribution in [3.8, 4) is 5.69 Å². The second-order valence-electron chi connectivity index (χ2n) is 6.47. The zero-order chi connectivity index (χ0) is 19.2. The van der Waals surface area contributed by atoms with Gasteiger partial charge in [-0.25, -0.2) is 9.67 Å². The lowest BCUT2D eigenvalue weighted by Gasteiger charge is -2.18. The van der Waals surface area contributed by atoms with Gasteiger partial charge in [0.1, 0.15) is 6.33 Å². The fraction of sp³-hybridized carbons (Fsp3) is 0.0870. The zero-order valence-corrected chi connectivity index (χ0v) is 15.3. The van der Waals surface area contributed by atoms with Gasteiger partial charge in [-0.05, 0) is 29.7 Å². The average Bonchev–Trinajstić information content (AvgIpc) is 3.26. The van der Waals surface area contributed by atoms with Gasteiger partial charge in [-0.15, -0.1) is 5.10 Å². The second kappa shape index (κ2) is 8.31. The molecular formula is C23H20N4O. The summed E-state index contributed by atoms with van der Waals surface area (Å²) in [6.45, 7) is 0. The minimum Gasteiger partial charge on any atom is -0.342 e. The van der Waals surface area contributed by atoms with Crippen LogP contribution >= 0.6 is 0 Å². The van der Waals surface area contributed by atoms with Gasteiger partial charge in [-0.3, -0.25) is 4.79 Å². The van der Waals surface area contributed by atoms with Crippen LogP contribution < -0.4 is 5.32 Å². The Kier molecular flexibility index (Phi) is 5.24. The molecule has 0 aliphatic rings. The highest BCUT2D eigenvalue weighted by molar-refractivity contribution is 5.90. The maximum atomic E-state index is 12.8. The van der Waals surface area contributed by atoms with Crippen LogP contribution in [0.3, 0.4) is 0 Å². The van der Waals surface area contributed by atoms with Gasteiger partial charge in [0.15, 0.2) is 0 Å². The summed E-state index contributed by atoms with van der Waals surface area (Å²) in [6.07, 6.45) is 2.24. The number of hydrogen-bond donors (Lipinski definition) is 1. The van der Waals surface area contributed by atoms with Gasteiger partial charge < -0.3 is 5.32 Å². The monoisotopic (exact) mass is 368 g/mol. The van der Waals surface area contributed by atoms with Crippen molar-refractivity contribution in [2.45, 2.75) is 12.5 Å². The third-order valence-corrected chi connectivity index (χ3v) is 4.51. The van der Waals surface area contributed by atoms with Crippen LogP contribution in [0.1, 0.15) is 27.8 Å². The number of hydrogen-bond acceptors (Lipinski definition) is 3. The van der Waals surface area contributed by atoms with E-state index in [1.165, 1.54) is 0 Å². The van der Waals surface area contributed by atoms with Crippen LogP contribution in [-0.2, 0) is 6.42 Å². The van der Waals surface area contributed by atoms with Gasteiger partial charge in [0.25, 0.3) is 5.91 Å². The van der Waals surface area contributed by atoms with E-state index in [0.29, 0.717) is 6.42 Å². The third-order valence-electron chi connectivity index (χ3n) is 4.51. The Morgan fingerprint density at radius 3 is 2.14 bits per heavy atom. The summed E-state index contributed by atoms with van der Waals surface area (Å²) in [5.74, 6) is -0.141. The maximum Gasteiger partial charge on any atom is 0.291 e. The van der Waals surface area contributed by atoms with E-state index < -0.39 is 0 Å². The Morgan fingerprint density at radius 2 is 1.46 bits per heavy atom. The van der Waals surface area contributed by atoms with Gasteiger partial charge in [-0.1, -0.05) is 78.9 Å². The topological polar surface area (TPSA) is 59.8 Å². The van der Waals surface area contributed by atoms with Crippen LogP contribution in [0, 0.1) is 0 Å². The molecule has 5 nitrogen and oxygen atoms in total. The largest absolute Gasteiger partial charge is 0.342 e. The van der Waals surface area contributed by atoms with E-state index in [4.69, 9.17) is 0 Å². The van der Waals surface area contributed by atoms with Crippen molar-refractivity contribution >= 4 is 5.91 Å². The molecule has 1 unspecified atom stereocenters. The summed E-state index contributed by atoms with van der Waals surface area (Å²) in [4.78, 5) is 17.0. The van der Waals surface area contributed by atoms with E-state index in [9.17, 15) is 4.79 Å². The van der Waals surface area contributed by atoms with Gasteiger partial charge in [0, 0.05) is 0 Å². The Hall–Kier alpha value is -3.73. The van der Waals surface area contributed by atoms with Crippen LogP contribution in [0.25, 0.3) is 5.69 Å². The molecule has 1 aromatic heterocycles. The van der Waals surface area contributed by atoms with Crippen LogP contribution in [0.2, 0.25) is 0 Å². The SMILES string of the molecule is O=C(NC(Cc1ccccc1)c1ccccc1)c1ncn(-c2ccccc2)n1. The Bertz CT molecular complexity index is 1030. The molecule has 3 aromatic carbocycles. The molecule has 0 aliphatic heterocycles. The summed E-state index contributed by atoms with van der Waals surface area (Å²) < 4.78 is 1.60. The first-order valence-electron chi connectivity index (χ1n) is 9.16. The highest BCUT2D eigenvalue weighted by atomic mass is 16.2. The van der Waals surface area contributed by atoms with Crippen molar-refractivity contribution in [3.63, 3.8) is 0 Å². The smallest absolute Gasteiger partial charge is 0.291 e. The van der Waals surface area contributed by atoms with Crippen molar-refractivity contribution in [2.75, 3.05) is 0 Å². The van der Waals surface area contributed by atoms with E-state index in [1.807, 2.05) is 78.9 Å². The highest BCUT2D eigenvalue weighted by Crippen LogP contribution is 2.19. The molecule has 28 heavy (non-hydrogen) atoms. The number of amides is 1. The van der Waals surface area contributed by atoms with E-state index >= 15 is 0 Å². The summed E-state index contributed by atoms with van der Waals surface area (Å²) in [7, 11) is 0. The lowest BCUT2D eigenvalue weighted by Crippen LogP contribution is -2.31. The third kappa shape index (κ3) is 4.15. The van der Waals surface area contributed by atoms with Crippen molar-refractivity contribution in [1.29, 1.82) is 0 Å². The molecule has 1 amide bonds. The molecule has 1 heterocycles. The summed E-state index contributed by atoms with van der Waals surface area (Å²) >= 11 is 0. The van der Waals surface area contributed by atoms with Gasteiger partial charge in [-0.2, -0.15) is 0 Å². The summed E-state index contributed by atoms with van der Waals surface area (Å²) in [5, 5.41) is 7.41. The molecule has 1 atom stereocenters. The molecule has 0 saturated heterocycles. The fourth-order valence-electron chi connectivity index (χ4n) is 3.08. The minimum atomic E-state index is -0.292. The zero-order valence-electron chi connectivity index (χ0n) is 15.3.